The van der Waals surface area contributed by atoms with Crippen molar-refractivity contribution in [3.8, 4) is 0 Å². The number of nitrogens with one attached hydrogen (secondary N) is 1. The Morgan fingerprint density at radius 1 is 1.32 bits per heavy atom. The van der Waals surface area contributed by atoms with Gasteiger partial charge >= 0.3 is 0 Å². The monoisotopic (exact) mass is 342 g/mol. The van der Waals surface area contributed by atoms with Gasteiger partial charge in [-0.15, -0.1) is 0 Å². The molecule has 0 radical (unpaired) electrons. The minimum atomic E-state index is 0.0770. The van der Waals surface area contributed by atoms with Gasteiger partial charge in [-0.2, -0.15) is 0 Å². The molecule has 0 aliphatic carbocycles. The fourth-order valence-electron chi connectivity index (χ4n) is 3.13. The van der Waals surface area contributed by atoms with E-state index in [1.165, 1.54) is 0 Å². The Balaban J connectivity index is 2.04. The summed E-state index contributed by atoms with van der Waals surface area (Å²) in [6.07, 6.45) is 4.14. The van der Waals surface area contributed by atoms with Crippen LogP contribution in [-0.4, -0.2) is 30.9 Å². The molecule has 1 fully saturated rings. The van der Waals surface area contributed by atoms with Crippen LogP contribution in [0.5, 0.6) is 0 Å². The number of piperidine rings is 1. The lowest BCUT2D eigenvalue weighted by molar-refractivity contribution is -0.122. The van der Waals surface area contributed by atoms with Gasteiger partial charge in [-0.3, -0.25) is 4.79 Å². The van der Waals surface area contributed by atoms with Crippen LogP contribution in [0.2, 0.25) is 10.0 Å². The van der Waals surface area contributed by atoms with E-state index in [0.717, 1.165) is 38.8 Å². The predicted molar refractivity (Wildman–Crippen MR) is 93.7 cm³/mol. The Bertz CT molecular complexity index is 513. The van der Waals surface area contributed by atoms with Gasteiger partial charge in [-0.25, -0.2) is 0 Å². The Labute approximate surface area is 143 Å². The topological polar surface area (TPSA) is 32.3 Å². The molecule has 1 unspecified atom stereocenters. The van der Waals surface area contributed by atoms with Crippen molar-refractivity contribution in [1.29, 1.82) is 0 Å². The van der Waals surface area contributed by atoms with E-state index in [4.69, 9.17) is 23.2 Å². The van der Waals surface area contributed by atoms with Gasteiger partial charge in [-0.1, -0.05) is 36.5 Å². The van der Waals surface area contributed by atoms with Gasteiger partial charge in [0.2, 0.25) is 5.91 Å². The minimum Gasteiger partial charge on any atom is -0.326 e. The maximum absolute atomic E-state index is 12.7. The van der Waals surface area contributed by atoms with Gasteiger partial charge in [0, 0.05) is 11.6 Å². The van der Waals surface area contributed by atoms with Crippen LogP contribution < -0.4 is 5.32 Å². The van der Waals surface area contributed by atoms with Crippen LogP contribution in [-0.2, 0) is 4.79 Å². The maximum atomic E-state index is 12.7. The van der Waals surface area contributed by atoms with Gasteiger partial charge in [0.1, 0.15) is 0 Å². The second-order valence-electron chi connectivity index (χ2n) is 6.15. The van der Waals surface area contributed by atoms with Crippen molar-refractivity contribution in [2.45, 2.75) is 32.6 Å². The minimum absolute atomic E-state index is 0.0770. The maximum Gasteiger partial charge on any atom is 0.227 e. The first-order chi connectivity index (χ1) is 10.5. The summed E-state index contributed by atoms with van der Waals surface area (Å²) >= 11 is 11.9. The van der Waals surface area contributed by atoms with Crippen molar-refractivity contribution in [2.24, 2.45) is 11.8 Å². The second-order valence-corrected chi connectivity index (χ2v) is 6.97. The highest BCUT2D eigenvalue weighted by atomic mass is 35.5. The molecule has 1 amide bonds. The van der Waals surface area contributed by atoms with E-state index in [1.807, 2.05) is 0 Å². The van der Waals surface area contributed by atoms with Crippen LogP contribution in [0, 0.1) is 11.8 Å². The van der Waals surface area contributed by atoms with Crippen LogP contribution in [0.4, 0.5) is 5.69 Å². The third-order valence-corrected chi connectivity index (χ3v) is 5.19. The van der Waals surface area contributed by atoms with E-state index in [2.05, 4.69) is 24.2 Å². The molecule has 0 aromatic heterocycles. The summed E-state index contributed by atoms with van der Waals surface area (Å²) < 4.78 is 0. The van der Waals surface area contributed by atoms with Crippen molar-refractivity contribution in [1.82, 2.24) is 4.90 Å². The van der Waals surface area contributed by atoms with Gasteiger partial charge in [0.05, 0.1) is 10.0 Å². The zero-order valence-corrected chi connectivity index (χ0v) is 14.8. The third-order valence-electron chi connectivity index (χ3n) is 4.46. The van der Waals surface area contributed by atoms with Crippen molar-refractivity contribution in [2.75, 3.05) is 25.5 Å². The Morgan fingerprint density at radius 2 is 2.00 bits per heavy atom. The second kappa shape index (κ2) is 8.19. The number of amides is 1. The predicted octanol–water partition coefficient (Wildman–Crippen LogP) is 4.69. The summed E-state index contributed by atoms with van der Waals surface area (Å²) in [5.41, 5.74) is 0.716. The molecule has 0 saturated carbocycles. The molecule has 1 saturated heterocycles. The fourth-order valence-corrected chi connectivity index (χ4v) is 3.43. The van der Waals surface area contributed by atoms with Crippen molar-refractivity contribution in [3.63, 3.8) is 0 Å². The van der Waals surface area contributed by atoms with Gasteiger partial charge in [0.25, 0.3) is 0 Å². The molecular weight excluding hydrogens is 319 g/mol. The molecule has 3 nitrogen and oxygen atoms in total. The van der Waals surface area contributed by atoms with Crippen LogP contribution in [0.15, 0.2) is 18.2 Å². The molecule has 1 aliphatic rings. The van der Waals surface area contributed by atoms with Crippen LogP contribution in [0.1, 0.15) is 32.6 Å². The number of halogens is 2. The number of likely N-dealkylation sites (tertiary alicyclic amines) is 1. The van der Waals surface area contributed by atoms with E-state index in [-0.39, 0.29) is 11.8 Å². The van der Waals surface area contributed by atoms with Crippen LogP contribution in [0.3, 0.4) is 0 Å². The van der Waals surface area contributed by atoms with Crippen molar-refractivity contribution < 1.29 is 4.79 Å². The smallest absolute Gasteiger partial charge is 0.227 e. The lowest BCUT2D eigenvalue weighted by Gasteiger charge is -2.33. The lowest BCUT2D eigenvalue weighted by Crippen LogP contribution is -2.37. The number of rotatable bonds is 5. The number of hydrogen-bond acceptors (Lipinski definition) is 2. The quantitative estimate of drug-likeness (QED) is 0.841. The molecule has 1 heterocycles. The van der Waals surface area contributed by atoms with E-state index >= 15 is 0 Å². The van der Waals surface area contributed by atoms with Gasteiger partial charge in [0.15, 0.2) is 0 Å². The number of hydrogen-bond donors (Lipinski definition) is 1. The first-order valence-corrected chi connectivity index (χ1v) is 8.71. The molecular formula is C17H24Cl2N2O. The summed E-state index contributed by atoms with van der Waals surface area (Å²) in [6.45, 7) is 4.28. The summed E-state index contributed by atoms with van der Waals surface area (Å²) in [7, 11) is 2.14. The standard InChI is InChI=1S/C17H24Cl2N2O/c1-3-4-14(12-7-9-21(2)10-8-12)17(22)20-13-5-6-15(18)16(19)11-13/h5-6,11-12,14H,3-4,7-10H2,1-2H3,(H,20,22). The first kappa shape index (κ1) is 17.6. The highest BCUT2D eigenvalue weighted by molar-refractivity contribution is 6.42. The molecule has 2 rings (SSSR count). The number of carbonyl (C=O) groups excluding carboxylic acids is 1. The zero-order valence-electron chi connectivity index (χ0n) is 13.2. The number of anilines is 1. The van der Waals surface area contributed by atoms with E-state index in [9.17, 15) is 4.79 Å². The molecule has 1 atom stereocenters. The fraction of sp³-hybridized carbons (Fsp3) is 0.588. The summed E-state index contributed by atoms with van der Waals surface area (Å²) in [4.78, 5) is 15.0. The Kier molecular flexibility index (Phi) is 6.54. The normalized spacial score (nSPS) is 18.2. The highest BCUT2D eigenvalue weighted by Crippen LogP contribution is 2.30. The molecule has 1 aliphatic heterocycles. The average Bonchev–Trinajstić information content (AvgIpc) is 2.49. The Hall–Kier alpha value is -0.770. The lowest BCUT2D eigenvalue weighted by atomic mass is 9.81. The molecule has 1 N–H and O–H groups in total. The van der Waals surface area contributed by atoms with Gasteiger partial charge < -0.3 is 10.2 Å². The number of benzene rings is 1. The summed E-state index contributed by atoms with van der Waals surface area (Å²) in [5.74, 6) is 0.655. The van der Waals surface area contributed by atoms with Crippen molar-refractivity contribution in [3.05, 3.63) is 28.2 Å². The molecule has 22 heavy (non-hydrogen) atoms. The summed E-state index contributed by atoms with van der Waals surface area (Å²) in [5, 5.41) is 3.97. The average molecular weight is 343 g/mol. The van der Waals surface area contributed by atoms with Crippen LogP contribution >= 0.6 is 23.2 Å². The number of nitrogens with zero attached hydrogens (tertiary/aromatic N) is 1. The molecule has 1 aromatic rings. The number of carbonyl (C=O) groups is 1. The molecule has 122 valence electrons. The zero-order chi connectivity index (χ0) is 16.1. The Morgan fingerprint density at radius 3 is 2.59 bits per heavy atom. The highest BCUT2D eigenvalue weighted by Gasteiger charge is 2.30. The molecule has 5 heteroatoms. The van der Waals surface area contributed by atoms with Crippen LogP contribution in [0.25, 0.3) is 0 Å². The SMILES string of the molecule is CCCC(C(=O)Nc1ccc(Cl)c(Cl)c1)C1CCN(C)CC1. The largest absolute Gasteiger partial charge is 0.326 e. The van der Waals surface area contributed by atoms with Gasteiger partial charge in [-0.05, 0) is 63.5 Å². The first-order valence-electron chi connectivity index (χ1n) is 7.95. The van der Waals surface area contributed by atoms with E-state index < -0.39 is 0 Å². The van der Waals surface area contributed by atoms with E-state index in [0.29, 0.717) is 21.7 Å². The molecule has 1 aromatic carbocycles. The van der Waals surface area contributed by atoms with Crippen molar-refractivity contribution >= 4 is 34.8 Å². The molecule has 0 bridgehead atoms. The third kappa shape index (κ3) is 4.61. The summed E-state index contributed by atoms with van der Waals surface area (Å²) in [6, 6.07) is 5.22. The molecule has 0 spiro atoms. The van der Waals surface area contributed by atoms with E-state index in [1.54, 1.807) is 18.2 Å².